The van der Waals surface area contributed by atoms with E-state index in [1.165, 1.54) is 28.0 Å². The van der Waals surface area contributed by atoms with Crippen LogP contribution in [0.1, 0.15) is 28.3 Å². The second kappa shape index (κ2) is 5.83. The normalized spacial score (nSPS) is 17.5. The fraction of sp³-hybridized carbons (Fsp3) is 0.235. The molecule has 1 aliphatic heterocycles. The molecule has 0 N–H and O–H groups in total. The van der Waals surface area contributed by atoms with Gasteiger partial charge in [0.25, 0.3) is 11.5 Å². The van der Waals surface area contributed by atoms with Crippen LogP contribution in [-0.2, 0) is 0 Å². The van der Waals surface area contributed by atoms with Crippen molar-refractivity contribution in [3.8, 4) is 0 Å². The van der Waals surface area contributed by atoms with Crippen LogP contribution in [0.5, 0.6) is 0 Å². The van der Waals surface area contributed by atoms with Gasteiger partial charge in [0, 0.05) is 36.8 Å². The van der Waals surface area contributed by atoms with E-state index in [0.717, 1.165) is 0 Å². The summed E-state index contributed by atoms with van der Waals surface area (Å²) in [6, 6.07) is 6.63. The molecule has 0 unspecified atom stereocenters. The number of likely N-dealkylation sites (tertiary alicyclic amines) is 1. The Morgan fingerprint density at radius 3 is 3.00 bits per heavy atom. The number of aromatic nitrogens is 2. The molecule has 0 spiro atoms. The summed E-state index contributed by atoms with van der Waals surface area (Å²) in [4.78, 5) is 31.4. The van der Waals surface area contributed by atoms with E-state index < -0.39 is 0 Å². The van der Waals surface area contributed by atoms with Crippen LogP contribution in [0, 0.1) is 5.82 Å². The minimum Gasteiger partial charge on any atom is -0.338 e. The third-order valence-electron chi connectivity index (χ3n) is 4.39. The summed E-state index contributed by atoms with van der Waals surface area (Å²) in [6.45, 7) is 0.912. The Morgan fingerprint density at radius 2 is 2.17 bits per heavy atom. The summed E-state index contributed by atoms with van der Waals surface area (Å²) in [5, 5.41) is 1.75. The van der Waals surface area contributed by atoms with Crippen LogP contribution in [-0.4, -0.2) is 33.3 Å². The van der Waals surface area contributed by atoms with Gasteiger partial charge in [-0.15, -0.1) is 11.3 Å². The summed E-state index contributed by atoms with van der Waals surface area (Å²) >= 11 is 1.34. The van der Waals surface area contributed by atoms with Crippen molar-refractivity contribution in [2.75, 3.05) is 13.1 Å². The summed E-state index contributed by atoms with van der Waals surface area (Å²) < 4.78 is 15.3. The first-order chi connectivity index (χ1) is 11.6. The molecule has 3 heterocycles. The average Bonchev–Trinajstić information content (AvgIpc) is 3.25. The van der Waals surface area contributed by atoms with Crippen molar-refractivity contribution >= 4 is 22.2 Å². The lowest BCUT2D eigenvalue weighted by molar-refractivity contribution is 0.0788. The maximum absolute atomic E-state index is 13.9. The van der Waals surface area contributed by atoms with E-state index >= 15 is 0 Å². The number of carbonyl (C=O) groups is 1. The van der Waals surface area contributed by atoms with Gasteiger partial charge in [0.1, 0.15) is 11.4 Å². The fourth-order valence-corrected chi connectivity index (χ4v) is 3.82. The molecular formula is C17H14FN3O2S. The molecule has 2 aromatic heterocycles. The van der Waals surface area contributed by atoms with Gasteiger partial charge >= 0.3 is 0 Å². The molecule has 4 rings (SSSR count). The SMILES string of the molecule is O=C(c1cnc2sccn2c1=O)N1CC[C@H](c2ccccc2F)C1. The highest BCUT2D eigenvalue weighted by Gasteiger charge is 2.30. The van der Waals surface area contributed by atoms with Crippen LogP contribution < -0.4 is 5.56 Å². The molecule has 122 valence electrons. The van der Waals surface area contributed by atoms with Gasteiger partial charge in [-0.1, -0.05) is 18.2 Å². The molecule has 5 nitrogen and oxygen atoms in total. The molecule has 0 aliphatic carbocycles. The highest BCUT2D eigenvalue weighted by Crippen LogP contribution is 2.29. The van der Waals surface area contributed by atoms with Gasteiger partial charge in [-0.2, -0.15) is 0 Å². The van der Waals surface area contributed by atoms with Crippen molar-refractivity contribution in [3.63, 3.8) is 0 Å². The predicted molar refractivity (Wildman–Crippen MR) is 89.0 cm³/mol. The highest BCUT2D eigenvalue weighted by atomic mass is 32.1. The third-order valence-corrected chi connectivity index (χ3v) is 5.16. The van der Waals surface area contributed by atoms with Crippen molar-refractivity contribution in [2.24, 2.45) is 0 Å². The van der Waals surface area contributed by atoms with Crippen LogP contribution in [0.25, 0.3) is 4.96 Å². The number of thiazole rings is 1. The Balaban J connectivity index is 1.60. The van der Waals surface area contributed by atoms with E-state index in [4.69, 9.17) is 0 Å². The number of rotatable bonds is 2. The summed E-state index contributed by atoms with van der Waals surface area (Å²) in [7, 11) is 0. The van der Waals surface area contributed by atoms with E-state index in [0.29, 0.717) is 30.0 Å². The third kappa shape index (κ3) is 2.41. The quantitative estimate of drug-likeness (QED) is 0.718. The Morgan fingerprint density at radius 1 is 1.33 bits per heavy atom. The Kier molecular flexibility index (Phi) is 3.65. The fourth-order valence-electron chi connectivity index (χ4n) is 3.15. The van der Waals surface area contributed by atoms with Gasteiger partial charge in [-0.3, -0.25) is 14.0 Å². The van der Waals surface area contributed by atoms with Gasteiger partial charge in [-0.25, -0.2) is 9.37 Å². The van der Waals surface area contributed by atoms with Crippen molar-refractivity contribution in [2.45, 2.75) is 12.3 Å². The molecule has 1 fully saturated rings. The molecule has 0 saturated carbocycles. The summed E-state index contributed by atoms with van der Waals surface area (Å²) in [5.41, 5.74) is 0.316. The first kappa shape index (κ1) is 15.0. The lowest BCUT2D eigenvalue weighted by Crippen LogP contribution is -2.34. The number of benzene rings is 1. The summed E-state index contributed by atoms with van der Waals surface area (Å²) in [6.07, 6.45) is 3.63. The van der Waals surface area contributed by atoms with E-state index in [1.807, 2.05) is 0 Å². The molecule has 7 heteroatoms. The Bertz CT molecular complexity index is 981. The number of halogens is 1. The number of carbonyl (C=O) groups excluding carboxylic acids is 1. The zero-order chi connectivity index (χ0) is 16.7. The average molecular weight is 343 g/mol. The molecule has 1 aromatic carbocycles. The zero-order valence-electron chi connectivity index (χ0n) is 12.7. The lowest BCUT2D eigenvalue weighted by Gasteiger charge is -2.16. The zero-order valence-corrected chi connectivity index (χ0v) is 13.5. The van der Waals surface area contributed by atoms with Crippen molar-refractivity contribution in [1.29, 1.82) is 0 Å². The minimum atomic E-state index is -0.361. The van der Waals surface area contributed by atoms with Crippen molar-refractivity contribution in [3.05, 3.63) is 69.3 Å². The van der Waals surface area contributed by atoms with Crippen LogP contribution in [0.3, 0.4) is 0 Å². The van der Waals surface area contributed by atoms with E-state index in [-0.39, 0.29) is 28.8 Å². The molecule has 1 aliphatic rings. The highest BCUT2D eigenvalue weighted by molar-refractivity contribution is 7.15. The second-order valence-corrected chi connectivity index (χ2v) is 6.66. The van der Waals surface area contributed by atoms with Gasteiger partial charge in [-0.05, 0) is 18.1 Å². The van der Waals surface area contributed by atoms with Gasteiger partial charge in [0.2, 0.25) is 0 Å². The molecule has 0 bridgehead atoms. The standard InChI is InChI=1S/C17H14FN3O2S/c18-14-4-2-1-3-12(14)11-5-6-20(10-11)15(22)13-9-19-17-21(16(13)23)7-8-24-17/h1-4,7-9,11H,5-6,10H2/t11-/m0/s1. The van der Waals surface area contributed by atoms with Crippen molar-refractivity contribution < 1.29 is 9.18 Å². The van der Waals surface area contributed by atoms with Crippen LogP contribution >= 0.6 is 11.3 Å². The smallest absolute Gasteiger partial charge is 0.271 e. The maximum atomic E-state index is 13.9. The van der Waals surface area contributed by atoms with Crippen LogP contribution in [0.2, 0.25) is 0 Å². The first-order valence-corrected chi connectivity index (χ1v) is 8.51. The molecule has 0 radical (unpaired) electrons. The Labute approximate surface area is 141 Å². The molecular weight excluding hydrogens is 329 g/mol. The second-order valence-electron chi connectivity index (χ2n) is 5.79. The van der Waals surface area contributed by atoms with Crippen molar-refractivity contribution in [1.82, 2.24) is 14.3 Å². The molecule has 3 aromatic rings. The summed E-state index contributed by atoms with van der Waals surface area (Å²) in [5.74, 6) is -0.638. The molecule has 1 saturated heterocycles. The van der Waals surface area contributed by atoms with E-state index in [9.17, 15) is 14.0 Å². The monoisotopic (exact) mass is 343 g/mol. The number of hydrogen-bond donors (Lipinski definition) is 0. The molecule has 1 amide bonds. The first-order valence-electron chi connectivity index (χ1n) is 7.63. The number of hydrogen-bond acceptors (Lipinski definition) is 4. The number of nitrogens with zero attached hydrogens (tertiary/aromatic N) is 3. The van der Waals surface area contributed by atoms with Crippen LogP contribution in [0.4, 0.5) is 4.39 Å². The van der Waals surface area contributed by atoms with Crippen LogP contribution in [0.15, 0.2) is 46.8 Å². The van der Waals surface area contributed by atoms with Gasteiger partial charge < -0.3 is 4.90 Å². The molecule has 1 atom stereocenters. The predicted octanol–water partition coefficient (Wildman–Crippen LogP) is 2.52. The van der Waals surface area contributed by atoms with E-state index in [2.05, 4.69) is 4.98 Å². The van der Waals surface area contributed by atoms with Gasteiger partial charge in [0.05, 0.1) is 0 Å². The van der Waals surface area contributed by atoms with Gasteiger partial charge in [0.15, 0.2) is 4.96 Å². The minimum absolute atomic E-state index is 0.0456. The Hall–Kier alpha value is -2.54. The number of amides is 1. The maximum Gasteiger partial charge on any atom is 0.271 e. The molecule has 24 heavy (non-hydrogen) atoms. The van der Waals surface area contributed by atoms with E-state index in [1.54, 1.807) is 34.7 Å². The largest absolute Gasteiger partial charge is 0.338 e. The lowest BCUT2D eigenvalue weighted by atomic mass is 9.98. The number of fused-ring (bicyclic) bond motifs is 1. The topological polar surface area (TPSA) is 54.7 Å².